The molecular weight excluding hydrogens is 516 g/mol. The van der Waals surface area contributed by atoms with Crippen LogP contribution in [0.1, 0.15) is 16.2 Å². The zero-order valence-corrected chi connectivity index (χ0v) is 21.6. The number of hydrogen-bond donors (Lipinski definition) is 1. The molecule has 0 radical (unpaired) electrons. The van der Waals surface area contributed by atoms with Gasteiger partial charge in [-0.2, -0.15) is 0 Å². The van der Waals surface area contributed by atoms with E-state index >= 15 is 0 Å². The molecule has 0 atom stereocenters. The molecule has 190 valence electrons. The molecule has 1 amide bonds. The van der Waals surface area contributed by atoms with Gasteiger partial charge in [0.05, 0.1) is 25.5 Å². The van der Waals surface area contributed by atoms with Gasteiger partial charge in [-0.25, -0.2) is 4.79 Å². The monoisotopic (exact) mass is 538 g/mol. The van der Waals surface area contributed by atoms with Gasteiger partial charge in [0.15, 0.2) is 11.0 Å². The average Bonchev–Trinajstić information content (AvgIpc) is 3.34. The first-order valence-corrected chi connectivity index (χ1v) is 12.4. The Morgan fingerprint density at radius 2 is 1.59 bits per heavy atom. The first kappa shape index (κ1) is 26.1. The summed E-state index contributed by atoms with van der Waals surface area (Å²) in [5.74, 6) is 1.32. The van der Waals surface area contributed by atoms with E-state index in [2.05, 4.69) is 20.3 Å². The number of halogens is 1. The van der Waals surface area contributed by atoms with Crippen molar-refractivity contribution in [1.29, 1.82) is 0 Å². The summed E-state index contributed by atoms with van der Waals surface area (Å²) in [7, 11) is 2.91. The predicted octanol–water partition coefficient (Wildman–Crippen LogP) is 5.03. The smallest absolute Gasteiger partial charge is 0.337 e. The minimum absolute atomic E-state index is 0.0884. The Balaban J connectivity index is 1.47. The van der Waals surface area contributed by atoms with E-state index in [1.165, 1.54) is 18.9 Å². The highest BCUT2D eigenvalue weighted by molar-refractivity contribution is 7.99. The lowest BCUT2D eigenvalue weighted by molar-refractivity contribution is -0.113. The van der Waals surface area contributed by atoms with E-state index in [1.807, 2.05) is 28.8 Å². The zero-order chi connectivity index (χ0) is 26.2. The second-order valence-corrected chi connectivity index (χ2v) is 8.96. The average molecular weight is 539 g/mol. The third-order valence-electron chi connectivity index (χ3n) is 5.13. The molecule has 0 aliphatic heterocycles. The second-order valence-electron chi connectivity index (χ2n) is 7.58. The number of benzene rings is 3. The van der Waals surface area contributed by atoms with Crippen LogP contribution in [0.15, 0.2) is 78.0 Å². The first-order chi connectivity index (χ1) is 18.0. The Labute approximate surface area is 222 Å². The highest BCUT2D eigenvalue weighted by atomic mass is 35.5. The summed E-state index contributed by atoms with van der Waals surface area (Å²) in [5, 5.41) is 12.5. The number of methoxy groups -OCH3 is 2. The molecule has 0 aliphatic carbocycles. The molecule has 0 unspecified atom stereocenters. The van der Waals surface area contributed by atoms with Crippen LogP contribution in [0.2, 0.25) is 5.02 Å². The largest absolute Gasteiger partial charge is 0.497 e. The van der Waals surface area contributed by atoms with Crippen LogP contribution in [0.3, 0.4) is 0 Å². The van der Waals surface area contributed by atoms with Crippen LogP contribution < -0.4 is 14.8 Å². The molecule has 1 N–H and O–H groups in total. The lowest BCUT2D eigenvalue weighted by Crippen LogP contribution is -2.15. The summed E-state index contributed by atoms with van der Waals surface area (Å²) in [6.07, 6.45) is 0. The fourth-order valence-corrected chi connectivity index (χ4v) is 4.19. The van der Waals surface area contributed by atoms with Crippen molar-refractivity contribution in [1.82, 2.24) is 14.8 Å². The van der Waals surface area contributed by atoms with Crippen molar-refractivity contribution < 1.29 is 23.8 Å². The van der Waals surface area contributed by atoms with E-state index in [0.29, 0.717) is 38.8 Å². The molecule has 3 aromatic carbocycles. The molecular formula is C26H23ClN4O5S. The molecule has 4 rings (SSSR count). The Morgan fingerprint density at radius 3 is 2.24 bits per heavy atom. The van der Waals surface area contributed by atoms with Crippen molar-refractivity contribution in [2.24, 2.45) is 0 Å². The maximum atomic E-state index is 12.6. The highest BCUT2D eigenvalue weighted by Gasteiger charge is 2.17. The third kappa shape index (κ3) is 6.81. The molecule has 0 bridgehead atoms. The Hall–Kier alpha value is -4.02. The van der Waals surface area contributed by atoms with E-state index in [4.69, 9.17) is 21.1 Å². The molecule has 0 saturated carbocycles. The van der Waals surface area contributed by atoms with Gasteiger partial charge in [-0.1, -0.05) is 23.4 Å². The molecule has 0 fully saturated rings. The van der Waals surface area contributed by atoms with Crippen LogP contribution in [0, 0.1) is 0 Å². The molecule has 9 nitrogen and oxygen atoms in total. The van der Waals surface area contributed by atoms with Gasteiger partial charge in [0.2, 0.25) is 5.91 Å². The number of amides is 1. The van der Waals surface area contributed by atoms with Gasteiger partial charge in [0.25, 0.3) is 0 Å². The molecule has 1 heterocycles. The maximum absolute atomic E-state index is 12.6. The number of carbonyl (C=O) groups excluding carboxylic acids is 2. The number of hydrogen-bond acceptors (Lipinski definition) is 8. The Kier molecular flexibility index (Phi) is 8.65. The van der Waals surface area contributed by atoms with Crippen molar-refractivity contribution in [2.75, 3.05) is 25.3 Å². The molecule has 1 aromatic heterocycles. The van der Waals surface area contributed by atoms with Crippen molar-refractivity contribution >= 4 is 40.9 Å². The van der Waals surface area contributed by atoms with Gasteiger partial charge in [-0.05, 0) is 72.8 Å². The fourth-order valence-electron chi connectivity index (χ4n) is 3.29. The van der Waals surface area contributed by atoms with E-state index in [9.17, 15) is 9.59 Å². The number of nitrogens with zero attached hydrogens (tertiary/aromatic N) is 3. The second kappa shape index (κ2) is 12.3. The van der Waals surface area contributed by atoms with Crippen molar-refractivity contribution in [2.45, 2.75) is 11.8 Å². The zero-order valence-electron chi connectivity index (χ0n) is 20.0. The summed E-state index contributed by atoms with van der Waals surface area (Å²) in [5.41, 5.74) is 1.75. The van der Waals surface area contributed by atoms with Crippen LogP contribution in [-0.2, 0) is 16.1 Å². The Bertz CT molecular complexity index is 1360. The van der Waals surface area contributed by atoms with Crippen LogP contribution >= 0.6 is 23.4 Å². The van der Waals surface area contributed by atoms with Gasteiger partial charge in [0.1, 0.15) is 18.1 Å². The summed E-state index contributed by atoms with van der Waals surface area (Å²) in [4.78, 5) is 24.2. The first-order valence-electron chi connectivity index (χ1n) is 11.0. The molecule has 11 heteroatoms. The summed E-state index contributed by atoms with van der Waals surface area (Å²) < 4.78 is 17.7. The van der Waals surface area contributed by atoms with Crippen LogP contribution in [0.25, 0.3) is 5.69 Å². The molecule has 0 saturated heterocycles. The molecule has 0 aliphatic rings. The van der Waals surface area contributed by atoms with Gasteiger partial charge in [-0.3, -0.25) is 9.36 Å². The van der Waals surface area contributed by atoms with Crippen LogP contribution in [-0.4, -0.2) is 46.6 Å². The minimum Gasteiger partial charge on any atom is -0.497 e. The quantitative estimate of drug-likeness (QED) is 0.221. The van der Waals surface area contributed by atoms with E-state index < -0.39 is 5.97 Å². The number of anilines is 1. The predicted molar refractivity (Wildman–Crippen MR) is 141 cm³/mol. The topological polar surface area (TPSA) is 105 Å². The van der Waals surface area contributed by atoms with Gasteiger partial charge >= 0.3 is 5.97 Å². The van der Waals surface area contributed by atoms with Crippen molar-refractivity contribution in [3.05, 3.63) is 89.2 Å². The van der Waals surface area contributed by atoms with Gasteiger partial charge in [-0.15, -0.1) is 10.2 Å². The van der Waals surface area contributed by atoms with E-state index in [-0.39, 0.29) is 18.3 Å². The molecule has 0 spiro atoms. The highest BCUT2D eigenvalue weighted by Crippen LogP contribution is 2.25. The van der Waals surface area contributed by atoms with Crippen LogP contribution in [0.5, 0.6) is 11.5 Å². The van der Waals surface area contributed by atoms with E-state index in [0.717, 1.165) is 5.69 Å². The number of esters is 1. The molecule has 4 aromatic rings. The summed E-state index contributed by atoms with van der Waals surface area (Å²) in [6.45, 7) is 0.153. The van der Waals surface area contributed by atoms with Gasteiger partial charge < -0.3 is 19.5 Å². The van der Waals surface area contributed by atoms with Gasteiger partial charge in [0, 0.05) is 16.4 Å². The fraction of sp³-hybridized carbons (Fsp3) is 0.154. The number of thioether (sulfide) groups is 1. The standard InChI is InChI=1S/C26H23ClN4O5S/c1-34-21-13-9-20(10-14-21)31-23(15-36-22-11-5-18(27)6-12-22)29-30-26(31)37-16-24(32)28-19-7-3-17(4-8-19)25(33)35-2/h3-14H,15-16H2,1-2H3,(H,28,32). The number of ether oxygens (including phenoxy) is 3. The number of carbonyl (C=O) groups is 2. The van der Waals surface area contributed by atoms with E-state index in [1.54, 1.807) is 55.6 Å². The third-order valence-corrected chi connectivity index (χ3v) is 6.32. The number of aromatic nitrogens is 3. The SMILES string of the molecule is COC(=O)c1ccc(NC(=O)CSc2nnc(COc3ccc(Cl)cc3)n2-c2ccc(OC)cc2)cc1. The minimum atomic E-state index is -0.442. The number of nitrogens with one attached hydrogen (secondary N) is 1. The van der Waals surface area contributed by atoms with Crippen LogP contribution in [0.4, 0.5) is 5.69 Å². The van der Waals surface area contributed by atoms with Crippen molar-refractivity contribution in [3.8, 4) is 17.2 Å². The number of rotatable bonds is 10. The Morgan fingerprint density at radius 1 is 0.919 bits per heavy atom. The maximum Gasteiger partial charge on any atom is 0.337 e. The normalized spacial score (nSPS) is 10.6. The summed E-state index contributed by atoms with van der Waals surface area (Å²) >= 11 is 7.19. The lowest BCUT2D eigenvalue weighted by Gasteiger charge is -2.12. The molecule has 37 heavy (non-hydrogen) atoms. The lowest BCUT2D eigenvalue weighted by atomic mass is 10.2. The summed E-state index contributed by atoms with van der Waals surface area (Å²) in [6, 6.07) is 20.9. The van der Waals surface area contributed by atoms with Crippen molar-refractivity contribution in [3.63, 3.8) is 0 Å².